The lowest BCUT2D eigenvalue weighted by molar-refractivity contribution is 0.0527. The van der Waals surface area contributed by atoms with Crippen LogP contribution in [-0.2, 0) is 17.6 Å². The summed E-state index contributed by atoms with van der Waals surface area (Å²) in [5.74, 6) is -0.317. The fourth-order valence-electron chi connectivity index (χ4n) is 3.35. The van der Waals surface area contributed by atoms with Crippen LogP contribution in [0.15, 0.2) is 0 Å². The Morgan fingerprint density at radius 1 is 1.17 bits per heavy atom. The van der Waals surface area contributed by atoms with Crippen LogP contribution < -0.4 is 5.32 Å². The number of piperazine rings is 1. The molecule has 0 unspecified atom stereocenters. The van der Waals surface area contributed by atoms with Crippen molar-refractivity contribution in [2.45, 2.75) is 33.1 Å². The second-order valence-electron chi connectivity index (χ2n) is 6.13. The third-order valence-corrected chi connectivity index (χ3v) is 5.94. The van der Waals surface area contributed by atoms with Gasteiger partial charge in [-0.1, -0.05) is 6.92 Å². The van der Waals surface area contributed by atoms with Gasteiger partial charge in [-0.05, 0) is 38.3 Å². The van der Waals surface area contributed by atoms with Crippen LogP contribution in [0, 0.1) is 0 Å². The molecule has 0 bridgehead atoms. The van der Waals surface area contributed by atoms with Crippen LogP contribution in [0.4, 0.5) is 9.80 Å². The van der Waals surface area contributed by atoms with Crippen molar-refractivity contribution in [2.24, 2.45) is 0 Å². The molecule has 1 aliphatic carbocycles. The third kappa shape index (κ3) is 3.42. The van der Waals surface area contributed by atoms with Gasteiger partial charge < -0.3 is 14.5 Å². The number of anilines is 1. The largest absolute Gasteiger partial charge is 0.462 e. The van der Waals surface area contributed by atoms with E-state index in [9.17, 15) is 9.59 Å². The number of ether oxygens (including phenoxy) is 1. The summed E-state index contributed by atoms with van der Waals surface area (Å²) in [6.07, 6.45) is 2.95. The summed E-state index contributed by atoms with van der Waals surface area (Å²) in [5.41, 5.74) is 1.65. The van der Waals surface area contributed by atoms with E-state index in [0.717, 1.165) is 57.5 Å². The number of aryl methyl sites for hydroxylation is 1. The van der Waals surface area contributed by atoms with Crippen molar-refractivity contribution in [3.8, 4) is 0 Å². The Bertz CT molecular complexity index is 621. The third-order valence-electron chi connectivity index (χ3n) is 4.73. The summed E-state index contributed by atoms with van der Waals surface area (Å²) in [6.45, 7) is 8.53. The van der Waals surface area contributed by atoms with Gasteiger partial charge in [0.05, 0.1) is 12.2 Å². The van der Waals surface area contributed by atoms with Gasteiger partial charge in [-0.3, -0.25) is 5.32 Å². The monoisotopic (exact) mass is 351 g/mol. The predicted octanol–water partition coefficient (Wildman–Crippen LogP) is 2.58. The first-order valence-corrected chi connectivity index (χ1v) is 9.55. The molecule has 2 amide bonds. The number of hydrogen-bond donors (Lipinski definition) is 1. The van der Waals surface area contributed by atoms with Crippen molar-refractivity contribution in [3.05, 3.63) is 16.0 Å². The lowest BCUT2D eigenvalue weighted by Gasteiger charge is -2.33. The van der Waals surface area contributed by atoms with Gasteiger partial charge in [0.25, 0.3) is 0 Å². The summed E-state index contributed by atoms with van der Waals surface area (Å²) in [7, 11) is 0. The van der Waals surface area contributed by atoms with Gasteiger partial charge in [0.15, 0.2) is 0 Å². The van der Waals surface area contributed by atoms with E-state index in [2.05, 4.69) is 17.1 Å². The van der Waals surface area contributed by atoms with Crippen LogP contribution in [0.1, 0.15) is 41.1 Å². The maximum atomic E-state index is 12.6. The maximum Gasteiger partial charge on any atom is 0.341 e. The molecule has 24 heavy (non-hydrogen) atoms. The van der Waals surface area contributed by atoms with E-state index < -0.39 is 0 Å². The van der Waals surface area contributed by atoms with Crippen LogP contribution >= 0.6 is 11.3 Å². The van der Waals surface area contributed by atoms with E-state index in [4.69, 9.17) is 4.74 Å². The Morgan fingerprint density at radius 3 is 2.58 bits per heavy atom. The smallest absolute Gasteiger partial charge is 0.341 e. The number of nitrogens with one attached hydrogen (secondary N) is 1. The zero-order valence-electron chi connectivity index (χ0n) is 14.4. The summed E-state index contributed by atoms with van der Waals surface area (Å²) in [6, 6.07) is -0.115. The molecule has 0 radical (unpaired) electrons. The first-order valence-electron chi connectivity index (χ1n) is 8.74. The van der Waals surface area contributed by atoms with Crippen molar-refractivity contribution in [3.63, 3.8) is 0 Å². The van der Waals surface area contributed by atoms with Crippen LogP contribution in [0.25, 0.3) is 0 Å². The molecule has 132 valence electrons. The number of likely N-dealkylation sites (N-methyl/N-ethyl adjacent to an activating group) is 1. The van der Waals surface area contributed by atoms with E-state index in [1.54, 1.807) is 6.92 Å². The molecule has 1 aromatic rings. The number of carbonyl (C=O) groups is 2. The maximum absolute atomic E-state index is 12.6. The number of fused-ring (bicyclic) bond motifs is 1. The number of hydrogen-bond acceptors (Lipinski definition) is 5. The highest BCUT2D eigenvalue weighted by Gasteiger charge is 2.29. The number of esters is 1. The van der Waals surface area contributed by atoms with Gasteiger partial charge in [0.1, 0.15) is 5.00 Å². The molecule has 1 aliphatic heterocycles. The molecule has 1 saturated heterocycles. The second-order valence-corrected chi connectivity index (χ2v) is 7.24. The lowest BCUT2D eigenvalue weighted by atomic mass is 10.1. The Kier molecular flexibility index (Phi) is 5.40. The van der Waals surface area contributed by atoms with Crippen molar-refractivity contribution in [2.75, 3.05) is 44.6 Å². The number of rotatable bonds is 4. The second kappa shape index (κ2) is 7.53. The van der Waals surface area contributed by atoms with Crippen LogP contribution in [0.2, 0.25) is 0 Å². The molecule has 1 fully saturated rings. The van der Waals surface area contributed by atoms with Gasteiger partial charge in [0.2, 0.25) is 0 Å². The van der Waals surface area contributed by atoms with Gasteiger partial charge >= 0.3 is 12.0 Å². The highest BCUT2D eigenvalue weighted by molar-refractivity contribution is 7.17. The minimum absolute atomic E-state index is 0.115. The number of thiophene rings is 1. The Morgan fingerprint density at radius 2 is 1.92 bits per heavy atom. The van der Waals surface area contributed by atoms with Crippen LogP contribution in [0.3, 0.4) is 0 Å². The normalized spacial score (nSPS) is 17.7. The van der Waals surface area contributed by atoms with E-state index in [0.29, 0.717) is 17.2 Å². The SMILES string of the molecule is CCOC(=O)c1c(NC(=O)N2CCN(CC)CC2)sc2c1CCC2. The van der Waals surface area contributed by atoms with Crippen molar-refractivity contribution in [1.82, 2.24) is 9.80 Å². The van der Waals surface area contributed by atoms with Crippen LogP contribution in [-0.4, -0.2) is 61.1 Å². The Balaban J connectivity index is 1.73. The van der Waals surface area contributed by atoms with Crippen molar-refractivity contribution in [1.29, 1.82) is 0 Å². The summed E-state index contributed by atoms with van der Waals surface area (Å²) < 4.78 is 5.20. The topological polar surface area (TPSA) is 61.9 Å². The van der Waals surface area contributed by atoms with E-state index in [1.165, 1.54) is 16.2 Å². The standard InChI is InChI=1S/C17H25N3O3S/c1-3-19-8-10-20(11-9-19)17(22)18-15-14(16(21)23-4-2)12-6-5-7-13(12)24-15/h3-11H2,1-2H3,(H,18,22). The van der Waals surface area contributed by atoms with Crippen molar-refractivity contribution >= 4 is 28.3 Å². The fraction of sp³-hybridized carbons (Fsp3) is 0.647. The van der Waals surface area contributed by atoms with Gasteiger partial charge in [-0.15, -0.1) is 11.3 Å². The average Bonchev–Trinajstić information content (AvgIpc) is 3.15. The first-order chi connectivity index (χ1) is 11.6. The molecule has 1 aromatic heterocycles. The summed E-state index contributed by atoms with van der Waals surface area (Å²) in [4.78, 5) is 30.3. The van der Waals surface area contributed by atoms with E-state index in [1.807, 2.05) is 4.90 Å². The molecule has 0 saturated carbocycles. The minimum Gasteiger partial charge on any atom is -0.462 e. The van der Waals surface area contributed by atoms with Gasteiger partial charge in [0, 0.05) is 31.1 Å². The molecule has 2 aliphatic rings. The number of carbonyl (C=O) groups excluding carboxylic acids is 2. The van der Waals surface area contributed by atoms with Gasteiger partial charge in [-0.25, -0.2) is 9.59 Å². The van der Waals surface area contributed by atoms with E-state index in [-0.39, 0.29) is 12.0 Å². The quantitative estimate of drug-likeness (QED) is 0.847. The van der Waals surface area contributed by atoms with Crippen LogP contribution in [0.5, 0.6) is 0 Å². The number of urea groups is 1. The molecule has 1 N–H and O–H groups in total. The van der Waals surface area contributed by atoms with E-state index >= 15 is 0 Å². The molecule has 6 nitrogen and oxygen atoms in total. The average molecular weight is 351 g/mol. The first kappa shape index (κ1) is 17.2. The van der Waals surface area contributed by atoms with Crippen molar-refractivity contribution < 1.29 is 14.3 Å². The molecule has 3 rings (SSSR count). The van der Waals surface area contributed by atoms with Gasteiger partial charge in [-0.2, -0.15) is 0 Å². The zero-order chi connectivity index (χ0) is 17.1. The lowest BCUT2D eigenvalue weighted by Crippen LogP contribution is -2.49. The zero-order valence-corrected chi connectivity index (χ0v) is 15.2. The molecular formula is C17H25N3O3S. The number of nitrogens with zero attached hydrogens (tertiary/aromatic N) is 2. The molecule has 0 atom stereocenters. The Hall–Kier alpha value is -1.60. The molecule has 0 spiro atoms. The summed E-state index contributed by atoms with van der Waals surface area (Å²) in [5, 5.41) is 3.62. The molecule has 7 heteroatoms. The Labute approximate surface area is 146 Å². The molecule has 0 aromatic carbocycles. The fourth-order valence-corrected chi connectivity index (χ4v) is 4.62. The summed E-state index contributed by atoms with van der Waals surface area (Å²) >= 11 is 1.53. The highest BCUT2D eigenvalue weighted by atomic mass is 32.1. The predicted molar refractivity (Wildman–Crippen MR) is 95.0 cm³/mol. The number of amides is 2. The highest BCUT2D eigenvalue weighted by Crippen LogP contribution is 2.39. The molecule has 2 heterocycles. The molecular weight excluding hydrogens is 326 g/mol. The minimum atomic E-state index is -0.317.